The van der Waals surface area contributed by atoms with E-state index in [4.69, 9.17) is 0 Å². The van der Waals surface area contributed by atoms with Gasteiger partial charge in [-0.15, -0.1) is 0 Å². The molecule has 1 heterocycles. The van der Waals surface area contributed by atoms with Gasteiger partial charge in [-0.05, 0) is 0 Å². The molecule has 0 spiro atoms. The third kappa shape index (κ3) is 5.80. The van der Waals surface area contributed by atoms with Gasteiger partial charge in [0.05, 0.1) is 0 Å². The summed E-state index contributed by atoms with van der Waals surface area (Å²) < 4.78 is 0. The van der Waals surface area contributed by atoms with Crippen LogP contribution >= 0.6 is 0 Å². The second kappa shape index (κ2) is 7.48. The van der Waals surface area contributed by atoms with Gasteiger partial charge in [0.15, 0.2) is 0 Å². The van der Waals surface area contributed by atoms with E-state index in [0.29, 0.717) is 0 Å². The van der Waals surface area contributed by atoms with E-state index in [1.54, 1.807) is 0 Å². The fraction of sp³-hybridized carbons (Fsp3) is 0.333. The van der Waals surface area contributed by atoms with Crippen LogP contribution in [0.1, 0.15) is 13.8 Å². The molecule has 0 unspecified atom stereocenters. The first-order valence-corrected chi connectivity index (χ1v) is 3.07. The Kier molecular flexibility index (Phi) is 8.83. The summed E-state index contributed by atoms with van der Waals surface area (Å²) in [6, 6.07) is 1.24. The number of H-pyrrole nitrogens is 2. The maximum atomic E-state index is 10.2. The average molecular weight is 326 g/mol. The minimum atomic E-state index is -0.475. The number of hydrogen-bond acceptors (Lipinski definition) is 2. The van der Waals surface area contributed by atoms with Crippen molar-refractivity contribution in [2.75, 3.05) is 0 Å². The Morgan fingerprint density at radius 3 is 2.09 bits per heavy atom. The first kappa shape index (κ1) is 13.0. The first-order chi connectivity index (χ1) is 4.79. The summed E-state index contributed by atoms with van der Waals surface area (Å²) in [6.07, 6.45) is 1.29. The molecule has 0 aliphatic heterocycles. The van der Waals surface area contributed by atoms with Crippen molar-refractivity contribution in [3.8, 4) is 0 Å². The quantitative estimate of drug-likeness (QED) is 0.710. The van der Waals surface area contributed by atoms with Gasteiger partial charge < -0.3 is 4.98 Å². The molecule has 0 saturated heterocycles. The predicted octanol–water partition coefficient (Wildman–Crippen LogP) is 0.0869. The third-order valence-electron chi connectivity index (χ3n) is 0.686. The molecule has 0 bridgehead atoms. The zero-order valence-electron chi connectivity index (χ0n) is 6.38. The van der Waals surface area contributed by atoms with Crippen molar-refractivity contribution in [2.24, 2.45) is 0 Å². The zero-order valence-corrected chi connectivity index (χ0v) is 9.31. The third-order valence-corrected chi connectivity index (χ3v) is 0.686. The molecule has 0 saturated carbocycles. The Labute approximate surface area is 78.3 Å². The fourth-order valence-corrected chi connectivity index (χ4v) is 0.383. The molecule has 62 valence electrons. The van der Waals surface area contributed by atoms with Gasteiger partial charge in [-0.3, -0.25) is 9.78 Å². The first-order valence-electron chi connectivity index (χ1n) is 3.07. The van der Waals surface area contributed by atoms with E-state index in [1.807, 2.05) is 18.8 Å². The molecule has 1 aromatic heterocycles. The summed E-state index contributed by atoms with van der Waals surface area (Å²) in [6.45, 7) is 4.00. The fourth-order valence-electron chi connectivity index (χ4n) is 0.383. The molecule has 4 nitrogen and oxygen atoms in total. The number of aromatic nitrogens is 2. The van der Waals surface area contributed by atoms with Crippen LogP contribution in [0.25, 0.3) is 0 Å². The van der Waals surface area contributed by atoms with Gasteiger partial charge in [0, 0.05) is 33.3 Å². The van der Waals surface area contributed by atoms with Crippen LogP contribution in [0, 0.1) is 0 Å². The van der Waals surface area contributed by atoms with Crippen molar-refractivity contribution in [2.45, 2.75) is 13.8 Å². The molecule has 0 atom stereocenters. The molecule has 1 aromatic rings. The van der Waals surface area contributed by atoms with E-state index in [0.717, 1.165) is 0 Å². The SMILES string of the molecule is CC.O=c1cc[nH]c(=O)[nH]1.[W]. The summed E-state index contributed by atoms with van der Waals surface area (Å²) in [5.41, 5.74) is -0.855. The van der Waals surface area contributed by atoms with Gasteiger partial charge in [0.2, 0.25) is 0 Å². The van der Waals surface area contributed by atoms with E-state index in [2.05, 4.69) is 4.98 Å². The van der Waals surface area contributed by atoms with Crippen LogP contribution in [0.5, 0.6) is 0 Å². The Balaban J connectivity index is 0. The minimum absolute atomic E-state index is 0. The maximum Gasteiger partial charge on any atom is 0.325 e. The maximum absolute atomic E-state index is 10.2. The van der Waals surface area contributed by atoms with Gasteiger partial charge in [0.25, 0.3) is 5.56 Å². The smallest absolute Gasteiger partial charge is 0.314 e. The van der Waals surface area contributed by atoms with E-state index >= 15 is 0 Å². The normalized spacial score (nSPS) is 7.09. The molecular weight excluding hydrogens is 316 g/mol. The molecule has 1 rings (SSSR count). The average Bonchev–Trinajstić information content (AvgIpc) is 1.91. The second-order valence-electron chi connectivity index (χ2n) is 1.30. The number of hydrogen-bond donors (Lipinski definition) is 2. The summed E-state index contributed by atoms with van der Waals surface area (Å²) in [7, 11) is 0. The number of rotatable bonds is 0. The summed E-state index contributed by atoms with van der Waals surface area (Å²) in [4.78, 5) is 24.7. The summed E-state index contributed by atoms with van der Waals surface area (Å²) in [5.74, 6) is 0. The summed E-state index contributed by atoms with van der Waals surface area (Å²) in [5, 5.41) is 0. The van der Waals surface area contributed by atoms with Crippen molar-refractivity contribution < 1.29 is 21.1 Å². The van der Waals surface area contributed by atoms with E-state index < -0.39 is 5.69 Å². The molecule has 2 N–H and O–H groups in total. The standard InChI is InChI=1S/C4H4N2O2.C2H6.W/c7-3-1-2-5-4(8)6-3;1-2;/h1-2H,(H2,5,6,7,8);1-2H3;. The van der Waals surface area contributed by atoms with Crippen LogP contribution in [0.2, 0.25) is 0 Å². The Morgan fingerprint density at radius 2 is 1.82 bits per heavy atom. The van der Waals surface area contributed by atoms with Gasteiger partial charge in [-0.25, -0.2) is 4.79 Å². The number of nitrogens with one attached hydrogen (secondary N) is 2. The van der Waals surface area contributed by atoms with Gasteiger partial charge >= 0.3 is 5.69 Å². The Morgan fingerprint density at radius 1 is 1.27 bits per heavy atom. The molecule has 0 aromatic carbocycles. The molecule has 0 aliphatic carbocycles. The molecule has 11 heavy (non-hydrogen) atoms. The zero-order chi connectivity index (χ0) is 7.98. The van der Waals surface area contributed by atoms with Crippen LogP contribution in [0.15, 0.2) is 21.9 Å². The number of aromatic amines is 2. The van der Waals surface area contributed by atoms with Crippen molar-refractivity contribution in [3.63, 3.8) is 0 Å². The van der Waals surface area contributed by atoms with Crippen molar-refractivity contribution in [3.05, 3.63) is 33.1 Å². The van der Waals surface area contributed by atoms with Gasteiger partial charge in [-0.1, -0.05) is 13.8 Å². The molecule has 0 aliphatic rings. The van der Waals surface area contributed by atoms with E-state index in [-0.39, 0.29) is 26.6 Å². The van der Waals surface area contributed by atoms with Gasteiger partial charge in [-0.2, -0.15) is 0 Å². The second-order valence-corrected chi connectivity index (χ2v) is 1.30. The molecule has 5 heteroatoms. The Bertz CT molecular complexity index is 253. The summed E-state index contributed by atoms with van der Waals surface area (Å²) >= 11 is 0. The molecular formula is C6H10N2O2W. The molecule has 0 radical (unpaired) electrons. The van der Waals surface area contributed by atoms with E-state index in [9.17, 15) is 9.59 Å². The Hall–Kier alpha value is -0.632. The predicted molar refractivity (Wildman–Crippen MR) is 39.0 cm³/mol. The molecule has 0 amide bonds. The topological polar surface area (TPSA) is 65.7 Å². The van der Waals surface area contributed by atoms with Crippen LogP contribution in [0.4, 0.5) is 0 Å². The van der Waals surface area contributed by atoms with E-state index in [1.165, 1.54) is 12.3 Å². The molecule has 0 fully saturated rings. The van der Waals surface area contributed by atoms with Crippen LogP contribution in [-0.4, -0.2) is 9.97 Å². The van der Waals surface area contributed by atoms with Crippen LogP contribution in [0.3, 0.4) is 0 Å². The van der Waals surface area contributed by atoms with Crippen LogP contribution < -0.4 is 11.2 Å². The minimum Gasteiger partial charge on any atom is -0.314 e. The van der Waals surface area contributed by atoms with Gasteiger partial charge in [0.1, 0.15) is 0 Å². The van der Waals surface area contributed by atoms with Crippen molar-refractivity contribution in [1.29, 1.82) is 0 Å². The van der Waals surface area contributed by atoms with Crippen LogP contribution in [-0.2, 0) is 21.1 Å². The largest absolute Gasteiger partial charge is 0.325 e. The monoisotopic (exact) mass is 326 g/mol. The van der Waals surface area contributed by atoms with Crippen molar-refractivity contribution in [1.82, 2.24) is 9.97 Å². The van der Waals surface area contributed by atoms with Crippen molar-refractivity contribution >= 4 is 0 Å².